The fourth-order valence-electron chi connectivity index (χ4n) is 2.44. The predicted molar refractivity (Wildman–Crippen MR) is 98.2 cm³/mol. The lowest BCUT2D eigenvalue weighted by atomic mass is 10.2. The van der Waals surface area contributed by atoms with Gasteiger partial charge in [-0.05, 0) is 30.3 Å². The Hall–Kier alpha value is -3.81. The van der Waals surface area contributed by atoms with E-state index in [9.17, 15) is 14.9 Å². The van der Waals surface area contributed by atoms with E-state index in [1.54, 1.807) is 6.07 Å². The molecule has 0 atom stereocenters. The Bertz CT molecular complexity index is 966. The summed E-state index contributed by atoms with van der Waals surface area (Å²) in [4.78, 5) is 22.6. The zero-order valence-electron chi connectivity index (χ0n) is 15.0. The number of nitrogens with zero attached hydrogens (tertiary/aromatic N) is 1. The molecule has 0 spiro atoms. The molecule has 0 bridgehead atoms. The predicted octanol–water partition coefficient (Wildman–Crippen LogP) is 4.13. The molecule has 0 aliphatic heterocycles. The largest absolute Gasteiger partial charge is 0.496 e. The van der Waals surface area contributed by atoms with Gasteiger partial charge < -0.3 is 18.6 Å². The fraction of sp³-hybridized carbons (Fsp3) is 0.150. The van der Waals surface area contributed by atoms with Crippen molar-refractivity contribution in [2.24, 2.45) is 0 Å². The van der Waals surface area contributed by atoms with Crippen molar-refractivity contribution >= 4 is 11.7 Å². The van der Waals surface area contributed by atoms with E-state index in [1.807, 2.05) is 30.3 Å². The Morgan fingerprint density at radius 2 is 1.86 bits per heavy atom. The second kappa shape index (κ2) is 8.72. The Balaban J connectivity index is 1.60. The van der Waals surface area contributed by atoms with Crippen molar-refractivity contribution in [1.82, 2.24) is 0 Å². The van der Waals surface area contributed by atoms with E-state index in [0.717, 1.165) is 0 Å². The van der Waals surface area contributed by atoms with Crippen LogP contribution in [0.15, 0.2) is 65.1 Å². The summed E-state index contributed by atoms with van der Waals surface area (Å²) in [6.45, 7) is -0.0315. The summed E-state index contributed by atoms with van der Waals surface area (Å²) >= 11 is 0. The smallest absolute Gasteiger partial charge is 0.374 e. The highest BCUT2D eigenvalue weighted by Gasteiger charge is 2.16. The molecule has 0 unspecified atom stereocenters. The maximum Gasteiger partial charge on any atom is 0.374 e. The summed E-state index contributed by atoms with van der Waals surface area (Å²) in [5.74, 6) is 0.843. The second-order valence-electron chi connectivity index (χ2n) is 5.70. The van der Waals surface area contributed by atoms with E-state index in [1.165, 1.54) is 31.4 Å². The SMILES string of the molecule is COc1ccc([N+](=O)[O-])cc1COC(=O)c1ccc(COc2ccccc2)o1. The molecule has 3 aromatic rings. The van der Waals surface area contributed by atoms with Crippen LogP contribution in [0.5, 0.6) is 11.5 Å². The van der Waals surface area contributed by atoms with Crippen LogP contribution in [0.4, 0.5) is 5.69 Å². The molecule has 2 aromatic carbocycles. The van der Waals surface area contributed by atoms with E-state index in [4.69, 9.17) is 18.6 Å². The Morgan fingerprint density at radius 3 is 2.57 bits per heavy atom. The van der Waals surface area contributed by atoms with Crippen LogP contribution < -0.4 is 9.47 Å². The molecule has 1 heterocycles. The van der Waals surface area contributed by atoms with Crippen LogP contribution in [0.1, 0.15) is 21.9 Å². The summed E-state index contributed by atoms with van der Waals surface area (Å²) in [7, 11) is 1.43. The standard InChI is InChI=1S/C20H17NO7/c1-25-18-9-7-15(21(23)24)11-14(18)12-27-20(22)19-10-8-17(28-19)13-26-16-5-3-2-4-6-16/h2-11H,12-13H2,1H3. The van der Waals surface area contributed by atoms with Crippen molar-refractivity contribution in [2.75, 3.05) is 7.11 Å². The zero-order chi connectivity index (χ0) is 19.9. The number of rotatable bonds is 8. The van der Waals surface area contributed by atoms with E-state index < -0.39 is 10.9 Å². The number of benzene rings is 2. The minimum Gasteiger partial charge on any atom is -0.496 e. The monoisotopic (exact) mass is 383 g/mol. The molecule has 3 rings (SSSR count). The van der Waals surface area contributed by atoms with Crippen molar-refractivity contribution in [3.8, 4) is 11.5 Å². The number of para-hydroxylation sites is 1. The number of ether oxygens (including phenoxy) is 3. The van der Waals surface area contributed by atoms with E-state index >= 15 is 0 Å². The Morgan fingerprint density at radius 1 is 1.07 bits per heavy atom. The van der Waals surface area contributed by atoms with Gasteiger partial charge in [0.05, 0.1) is 12.0 Å². The third-order valence-electron chi connectivity index (χ3n) is 3.82. The molecule has 0 radical (unpaired) electrons. The van der Waals surface area contributed by atoms with Gasteiger partial charge in [-0.1, -0.05) is 18.2 Å². The molecule has 0 N–H and O–H groups in total. The Kier molecular flexibility index (Phi) is 5.91. The number of non-ortho nitro benzene ring substituents is 1. The van der Waals surface area contributed by atoms with Crippen LogP contribution in [0, 0.1) is 10.1 Å². The average Bonchev–Trinajstić information content (AvgIpc) is 3.20. The molecule has 0 saturated heterocycles. The lowest BCUT2D eigenvalue weighted by Gasteiger charge is -2.08. The van der Waals surface area contributed by atoms with Gasteiger partial charge in [0.15, 0.2) is 0 Å². The van der Waals surface area contributed by atoms with Gasteiger partial charge in [0, 0.05) is 17.7 Å². The maximum atomic E-state index is 12.2. The number of carbonyl (C=O) groups is 1. The molecule has 8 nitrogen and oxygen atoms in total. The van der Waals surface area contributed by atoms with Crippen LogP contribution in [0.2, 0.25) is 0 Å². The summed E-state index contributed by atoms with van der Waals surface area (Å²) in [5, 5.41) is 10.9. The molecular formula is C20H17NO7. The quantitative estimate of drug-likeness (QED) is 0.327. The second-order valence-corrected chi connectivity index (χ2v) is 5.70. The molecule has 1 aromatic heterocycles. The van der Waals surface area contributed by atoms with Crippen molar-refractivity contribution in [1.29, 1.82) is 0 Å². The third kappa shape index (κ3) is 4.67. The van der Waals surface area contributed by atoms with Gasteiger partial charge >= 0.3 is 5.97 Å². The highest BCUT2D eigenvalue weighted by molar-refractivity contribution is 5.86. The number of methoxy groups -OCH3 is 1. The molecule has 8 heteroatoms. The van der Waals surface area contributed by atoms with Gasteiger partial charge in [-0.3, -0.25) is 10.1 Å². The first-order chi connectivity index (χ1) is 13.6. The van der Waals surface area contributed by atoms with Crippen molar-refractivity contribution in [2.45, 2.75) is 13.2 Å². The van der Waals surface area contributed by atoms with Crippen molar-refractivity contribution < 1.29 is 28.3 Å². The number of hydrogen-bond donors (Lipinski definition) is 0. The minimum absolute atomic E-state index is 0.0102. The summed E-state index contributed by atoms with van der Waals surface area (Å²) in [6.07, 6.45) is 0. The van der Waals surface area contributed by atoms with Crippen molar-refractivity contribution in [3.63, 3.8) is 0 Å². The molecule has 0 aliphatic rings. The van der Waals surface area contributed by atoms with Crippen LogP contribution in [0.3, 0.4) is 0 Å². The number of furan rings is 1. The Labute approximate surface area is 160 Å². The number of esters is 1. The average molecular weight is 383 g/mol. The first-order valence-corrected chi connectivity index (χ1v) is 8.32. The molecule has 0 aliphatic carbocycles. The molecular weight excluding hydrogens is 366 g/mol. The van der Waals surface area contributed by atoms with E-state index in [2.05, 4.69) is 0 Å². The molecule has 0 saturated carbocycles. The van der Waals surface area contributed by atoms with E-state index in [0.29, 0.717) is 22.8 Å². The number of nitro groups is 1. The molecule has 0 amide bonds. The zero-order valence-corrected chi connectivity index (χ0v) is 15.0. The fourth-order valence-corrected chi connectivity index (χ4v) is 2.44. The van der Waals surface area contributed by atoms with E-state index in [-0.39, 0.29) is 24.7 Å². The molecule has 144 valence electrons. The molecule has 28 heavy (non-hydrogen) atoms. The van der Waals surface area contributed by atoms with Gasteiger partial charge in [-0.15, -0.1) is 0 Å². The van der Waals surface area contributed by atoms with Crippen LogP contribution in [0.25, 0.3) is 0 Å². The van der Waals surface area contributed by atoms with Gasteiger partial charge in [-0.25, -0.2) is 4.79 Å². The first-order valence-electron chi connectivity index (χ1n) is 8.32. The third-order valence-corrected chi connectivity index (χ3v) is 3.82. The minimum atomic E-state index is -0.695. The number of hydrogen-bond acceptors (Lipinski definition) is 7. The van der Waals surface area contributed by atoms with Gasteiger partial charge in [-0.2, -0.15) is 0 Å². The lowest BCUT2D eigenvalue weighted by Crippen LogP contribution is -2.05. The highest BCUT2D eigenvalue weighted by atomic mass is 16.6. The summed E-state index contributed by atoms with van der Waals surface area (Å²) < 4.78 is 21.3. The van der Waals surface area contributed by atoms with Crippen molar-refractivity contribution in [3.05, 3.63) is 87.9 Å². The van der Waals surface area contributed by atoms with Gasteiger partial charge in [0.1, 0.15) is 30.5 Å². The number of nitro benzene ring substituents is 1. The maximum absolute atomic E-state index is 12.2. The number of carbonyl (C=O) groups excluding carboxylic acids is 1. The summed E-state index contributed by atoms with van der Waals surface area (Å²) in [6, 6.07) is 16.4. The topological polar surface area (TPSA) is 101 Å². The summed E-state index contributed by atoms with van der Waals surface area (Å²) in [5.41, 5.74) is 0.259. The first kappa shape index (κ1) is 19.0. The van der Waals surface area contributed by atoms with Crippen LogP contribution >= 0.6 is 0 Å². The normalized spacial score (nSPS) is 10.3. The van der Waals surface area contributed by atoms with Gasteiger partial charge in [0.25, 0.3) is 5.69 Å². The highest BCUT2D eigenvalue weighted by Crippen LogP contribution is 2.25. The van der Waals surface area contributed by atoms with Gasteiger partial charge in [0.2, 0.25) is 5.76 Å². The lowest BCUT2D eigenvalue weighted by molar-refractivity contribution is -0.385. The van der Waals surface area contributed by atoms with Crippen LogP contribution in [-0.4, -0.2) is 18.0 Å². The van der Waals surface area contributed by atoms with Crippen LogP contribution in [-0.2, 0) is 18.0 Å². The molecule has 0 fully saturated rings.